The third kappa shape index (κ3) is 4.41. The lowest BCUT2D eigenvalue weighted by Gasteiger charge is -2.40. The minimum atomic E-state index is 0.0586. The molecule has 1 aliphatic carbocycles. The van der Waals surface area contributed by atoms with Crippen LogP contribution in [0.4, 0.5) is 0 Å². The predicted octanol–water partition coefficient (Wildman–Crippen LogP) is 1.27. The number of rotatable bonds is 7. The summed E-state index contributed by atoms with van der Waals surface area (Å²) in [4.78, 5) is 14.7. The van der Waals surface area contributed by atoms with Crippen LogP contribution in [0.15, 0.2) is 0 Å². The van der Waals surface area contributed by atoms with E-state index in [4.69, 9.17) is 10.5 Å². The van der Waals surface area contributed by atoms with Gasteiger partial charge in [0.25, 0.3) is 0 Å². The van der Waals surface area contributed by atoms with E-state index in [2.05, 4.69) is 17.1 Å². The zero-order valence-corrected chi connectivity index (χ0v) is 13.4. The van der Waals surface area contributed by atoms with Crippen LogP contribution in [0.3, 0.4) is 0 Å². The molecular formula is C16H31N3O2. The highest BCUT2D eigenvalue weighted by atomic mass is 16.5. The van der Waals surface area contributed by atoms with Crippen LogP contribution in [-0.4, -0.2) is 55.2 Å². The van der Waals surface area contributed by atoms with Gasteiger partial charge in [0.2, 0.25) is 5.91 Å². The van der Waals surface area contributed by atoms with Gasteiger partial charge in [0.15, 0.2) is 0 Å². The fourth-order valence-electron chi connectivity index (χ4n) is 3.73. The number of ether oxygens (including phenoxy) is 1. The van der Waals surface area contributed by atoms with Gasteiger partial charge in [-0.3, -0.25) is 9.69 Å². The zero-order valence-electron chi connectivity index (χ0n) is 13.4. The highest BCUT2D eigenvalue weighted by Crippen LogP contribution is 2.34. The molecule has 0 atom stereocenters. The van der Waals surface area contributed by atoms with E-state index in [1.807, 2.05) is 0 Å². The minimum Gasteiger partial charge on any atom is -0.381 e. The van der Waals surface area contributed by atoms with Gasteiger partial charge in [-0.25, -0.2) is 0 Å². The van der Waals surface area contributed by atoms with E-state index in [0.717, 1.165) is 51.9 Å². The van der Waals surface area contributed by atoms with Crippen LogP contribution in [0.25, 0.3) is 0 Å². The molecule has 0 aromatic rings. The molecule has 0 radical (unpaired) electrons. The average molecular weight is 297 g/mol. The van der Waals surface area contributed by atoms with E-state index in [-0.39, 0.29) is 17.5 Å². The van der Waals surface area contributed by atoms with Gasteiger partial charge < -0.3 is 15.8 Å². The molecule has 21 heavy (non-hydrogen) atoms. The van der Waals surface area contributed by atoms with E-state index < -0.39 is 0 Å². The minimum absolute atomic E-state index is 0.0586. The summed E-state index contributed by atoms with van der Waals surface area (Å²) in [7, 11) is 0. The van der Waals surface area contributed by atoms with Gasteiger partial charge >= 0.3 is 0 Å². The number of hydrogen-bond donors (Lipinski definition) is 2. The van der Waals surface area contributed by atoms with Crippen molar-refractivity contribution in [2.24, 2.45) is 5.73 Å². The lowest BCUT2D eigenvalue weighted by Crippen LogP contribution is -2.56. The van der Waals surface area contributed by atoms with Gasteiger partial charge in [0, 0.05) is 31.3 Å². The Bertz CT molecular complexity index is 323. The number of carbonyl (C=O) groups is 1. The number of amides is 1. The van der Waals surface area contributed by atoms with Crippen LogP contribution in [0.1, 0.15) is 51.9 Å². The van der Waals surface area contributed by atoms with Gasteiger partial charge in [-0.05, 0) is 38.6 Å². The van der Waals surface area contributed by atoms with E-state index in [9.17, 15) is 4.79 Å². The molecule has 0 bridgehead atoms. The average Bonchev–Trinajstić information content (AvgIpc) is 2.98. The first-order valence-corrected chi connectivity index (χ1v) is 8.52. The summed E-state index contributed by atoms with van der Waals surface area (Å²) < 4.78 is 5.34. The van der Waals surface area contributed by atoms with Crippen molar-refractivity contribution in [3.8, 4) is 0 Å². The van der Waals surface area contributed by atoms with Gasteiger partial charge in [-0.1, -0.05) is 19.8 Å². The third-order valence-electron chi connectivity index (χ3n) is 5.00. The number of nitrogens with one attached hydrogen (secondary N) is 1. The summed E-state index contributed by atoms with van der Waals surface area (Å²) in [5.74, 6) is 0.148. The van der Waals surface area contributed by atoms with Gasteiger partial charge in [0.1, 0.15) is 0 Å². The third-order valence-corrected chi connectivity index (χ3v) is 5.00. The van der Waals surface area contributed by atoms with Crippen LogP contribution < -0.4 is 11.1 Å². The molecular weight excluding hydrogens is 266 g/mol. The molecule has 0 spiro atoms. The summed E-state index contributed by atoms with van der Waals surface area (Å²) in [5, 5.41) is 3.17. The van der Waals surface area contributed by atoms with Gasteiger partial charge in [0.05, 0.1) is 6.54 Å². The Labute approximate surface area is 128 Å². The Hall–Kier alpha value is -0.650. The SMILES string of the molecule is CCCN(CC(=O)NC1CCOCC1)C1(CN)CCCC1. The Morgan fingerprint density at radius 2 is 2.00 bits per heavy atom. The Balaban J connectivity index is 1.90. The molecule has 0 aromatic heterocycles. The first-order chi connectivity index (χ1) is 10.2. The van der Waals surface area contributed by atoms with Gasteiger partial charge in [-0.2, -0.15) is 0 Å². The fraction of sp³-hybridized carbons (Fsp3) is 0.938. The molecule has 3 N–H and O–H groups in total. The summed E-state index contributed by atoms with van der Waals surface area (Å²) in [6.07, 6.45) is 7.66. The van der Waals surface area contributed by atoms with E-state index in [1.54, 1.807) is 0 Å². The first kappa shape index (κ1) is 16.7. The molecule has 5 heteroatoms. The summed E-state index contributed by atoms with van der Waals surface area (Å²) >= 11 is 0. The van der Waals surface area contributed by atoms with E-state index in [1.165, 1.54) is 12.8 Å². The van der Waals surface area contributed by atoms with Crippen molar-refractivity contribution in [1.82, 2.24) is 10.2 Å². The topological polar surface area (TPSA) is 67.6 Å². The Morgan fingerprint density at radius 3 is 2.57 bits per heavy atom. The second-order valence-corrected chi connectivity index (χ2v) is 6.51. The van der Waals surface area contributed by atoms with Crippen LogP contribution in [0.2, 0.25) is 0 Å². The quantitative estimate of drug-likeness (QED) is 0.742. The molecule has 1 amide bonds. The molecule has 0 unspecified atom stereocenters. The molecule has 5 nitrogen and oxygen atoms in total. The lowest BCUT2D eigenvalue weighted by atomic mass is 9.94. The fourth-order valence-corrected chi connectivity index (χ4v) is 3.73. The smallest absolute Gasteiger partial charge is 0.234 e. The maximum Gasteiger partial charge on any atom is 0.234 e. The normalized spacial score (nSPS) is 22.6. The highest BCUT2D eigenvalue weighted by molar-refractivity contribution is 5.78. The molecule has 1 saturated carbocycles. The van der Waals surface area contributed by atoms with Crippen LogP contribution in [0, 0.1) is 0 Å². The number of hydrogen-bond acceptors (Lipinski definition) is 4. The van der Waals surface area contributed by atoms with Crippen molar-refractivity contribution < 1.29 is 9.53 Å². The molecule has 122 valence electrons. The van der Waals surface area contributed by atoms with Crippen molar-refractivity contribution in [2.45, 2.75) is 63.5 Å². The Kier molecular flexibility index (Phi) is 6.45. The molecule has 1 heterocycles. The van der Waals surface area contributed by atoms with Crippen molar-refractivity contribution >= 4 is 5.91 Å². The van der Waals surface area contributed by atoms with Crippen molar-refractivity contribution in [2.75, 3.05) is 32.8 Å². The maximum atomic E-state index is 12.4. The summed E-state index contributed by atoms with van der Waals surface area (Å²) in [5.41, 5.74) is 6.13. The summed E-state index contributed by atoms with van der Waals surface area (Å²) in [6, 6.07) is 0.284. The number of nitrogens with zero attached hydrogens (tertiary/aromatic N) is 1. The van der Waals surface area contributed by atoms with Crippen LogP contribution >= 0.6 is 0 Å². The number of carbonyl (C=O) groups excluding carboxylic acids is 1. The standard InChI is InChI=1S/C16H31N3O2/c1-2-9-19(16(13-17)7-3-4-8-16)12-15(20)18-14-5-10-21-11-6-14/h14H,2-13,17H2,1H3,(H,18,20). The molecule has 2 aliphatic rings. The molecule has 1 saturated heterocycles. The zero-order chi connectivity index (χ0) is 15.1. The lowest BCUT2D eigenvalue weighted by molar-refractivity contribution is -0.125. The molecule has 0 aromatic carbocycles. The molecule has 1 aliphatic heterocycles. The monoisotopic (exact) mass is 297 g/mol. The molecule has 2 fully saturated rings. The first-order valence-electron chi connectivity index (χ1n) is 8.52. The second-order valence-electron chi connectivity index (χ2n) is 6.51. The van der Waals surface area contributed by atoms with Crippen molar-refractivity contribution in [1.29, 1.82) is 0 Å². The van der Waals surface area contributed by atoms with E-state index in [0.29, 0.717) is 13.1 Å². The molecule has 2 rings (SSSR count). The van der Waals surface area contributed by atoms with Crippen LogP contribution in [0.5, 0.6) is 0 Å². The van der Waals surface area contributed by atoms with Gasteiger partial charge in [-0.15, -0.1) is 0 Å². The largest absolute Gasteiger partial charge is 0.381 e. The summed E-state index contributed by atoms with van der Waals surface area (Å²) in [6.45, 7) is 5.80. The highest BCUT2D eigenvalue weighted by Gasteiger charge is 2.38. The number of nitrogens with two attached hydrogens (primary N) is 1. The predicted molar refractivity (Wildman–Crippen MR) is 84.1 cm³/mol. The van der Waals surface area contributed by atoms with E-state index >= 15 is 0 Å². The van der Waals surface area contributed by atoms with Crippen molar-refractivity contribution in [3.63, 3.8) is 0 Å². The van der Waals surface area contributed by atoms with Crippen molar-refractivity contribution in [3.05, 3.63) is 0 Å². The second kappa shape index (κ2) is 8.11. The Morgan fingerprint density at radius 1 is 1.33 bits per heavy atom. The maximum absolute atomic E-state index is 12.4. The van der Waals surface area contributed by atoms with Crippen LogP contribution in [-0.2, 0) is 9.53 Å².